The molecule has 3 heterocycles. The normalized spacial score (nSPS) is 36.6. The average Bonchev–Trinajstić information content (AvgIpc) is 2.96. The number of phenolic OH excluding ortho intramolecular Hbond substituents is 2. The number of rotatable bonds is 7. The number of fused-ring (bicyclic) bond motifs is 1. The quantitative estimate of drug-likeness (QED) is 0.165. The standard InChI is InChI=1S/C27H32O15/c28-8-17-20(33)21(34)23(36)27(40-17)42-25-18(9-29)41-26(24(37)22(25)35)39-16-6-12(31)5-15-19(16)13(32)7-14(38-15)10-1-3-11(30)4-2-10/h1-6,14,17-18,20-31,33-37H,7-9H2/t14?,17-,18-,20-,21+,22-,23-,24-,25-,26-,27+/m1/s1. The van der Waals surface area contributed by atoms with Crippen LogP contribution < -0.4 is 9.47 Å². The van der Waals surface area contributed by atoms with Crippen LogP contribution in [0.2, 0.25) is 0 Å². The van der Waals surface area contributed by atoms with E-state index in [1.165, 1.54) is 18.2 Å². The van der Waals surface area contributed by atoms with Gasteiger partial charge in [-0.3, -0.25) is 4.79 Å². The van der Waals surface area contributed by atoms with Gasteiger partial charge in [-0.1, -0.05) is 12.1 Å². The topological polar surface area (TPSA) is 245 Å². The number of carbonyl (C=O) groups is 1. The number of aliphatic hydroxyl groups is 7. The van der Waals surface area contributed by atoms with Crippen LogP contribution in [-0.2, 0) is 14.2 Å². The molecule has 0 spiro atoms. The molecule has 15 nitrogen and oxygen atoms in total. The largest absolute Gasteiger partial charge is 0.508 e. The number of benzene rings is 2. The summed E-state index contributed by atoms with van der Waals surface area (Å²) in [6.07, 6.45) is -17.5. The molecule has 9 N–H and O–H groups in total. The number of aromatic hydroxyl groups is 2. The minimum atomic E-state index is -1.87. The number of carbonyl (C=O) groups excluding carboxylic acids is 1. The van der Waals surface area contributed by atoms with Gasteiger partial charge in [-0.2, -0.15) is 0 Å². The van der Waals surface area contributed by atoms with E-state index >= 15 is 0 Å². The van der Waals surface area contributed by atoms with Gasteiger partial charge in [-0.15, -0.1) is 0 Å². The Bertz CT molecular complexity index is 1250. The molecule has 2 fully saturated rings. The summed E-state index contributed by atoms with van der Waals surface area (Å²) >= 11 is 0. The molecular weight excluding hydrogens is 564 g/mol. The smallest absolute Gasteiger partial charge is 0.229 e. The van der Waals surface area contributed by atoms with Gasteiger partial charge in [0.2, 0.25) is 6.29 Å². The third kappa shape index (κ3) is 5.76. The number of aliphatic hydroxyl groups excluding tert-OH is 7. The fraction of sp³-hybridized carbons (Fsp3) is 0.519. The van der Waals surface area contributed by atoms with E-state index < -0.39 is 86.5 Å². The summed E-state index contributed by atoms with van der Waals surface area (Å²) in [5.74, 6) is -1.01. The van der Waals surface area contributed by atoms with Crippen molar-refractivity contribution in [3.63, 3.8) is 0 Å². The predicted octanol–water partition coefficient (Wildman–Crippen LogP) is -2.19. The van der Waals surface area contributed by atoms with Gasteiger partial charge in [0.1, 0.15) is 83.5 Å². The molecular formula is C27H32O15. The van der Waals surface area contributed by atoms with E-state index in [0.29, 0.717) is 5.56 Å². The molecule has 0 radical (unpaired) electrons. The molecule has 11 atom stereocenters. The van der Waals surface area contributed by atoms with Crippen LogP contribution >= 0.6 is 0 Å². The van der Waals surface area contributed by atoms with Crippen molar-refractivity contribution in [1.82, 2.24) is 0 Å². The summed E-state index contributed by atoms with van der Waals surface area (Å²) in [5.41, 5.74) is 0.538. The highest BCUT2D eigenvalue weighted by atomic mass is 16.7. The van der Waals surface area contributed by atoms with Gasteiger partial charge in [0, 0.05) is 12.1 Å². The Balaban J connectivity index is 1.34. The highest BCUT2D eigenvalue weighted by molar-refractivity contribution is 6.02. The minimum Gasteiger partial charge on any atom is -0.508 e. The lowest BCUT2D eigenvalue weighted by molar-refractivity contribution is -0.352. The molecule has 1 unspecified atom stereocenters. The highest BCUT2D eigenvalue weighted by Crippen LogP contribution is 2.43. The molecule has 3 aliphatic rings. The van der Waals surface area contributed by atoms with E-state index in [-0.39, 0.29) is 35.0 Å². The average molecular weight is 597 g/mol. The van der Waals surface area contributed by atoms with Gasteiger partial charge in [0.15, 0.2) is 12.1 Å². The number of Topliss-reactive ketones (excluding diaryl/α,β-unsaturated/α-hetero) is 1. The Morgan fingerprint density at radius 1 is 0.762 bits per heavy atom. The van der Waals surface area contributed by atoms with Crippen molar-refractivity contribution in [2.24, 2.45) is 0 Å². The molecule has 42 heavy (non-hydrogen) atoms. The second kappa shape index (κ2) is 12.3. The van der Waals surface area contributed by atoms with Crippen LogP contribution in [0.1, 0.15) is 28.4 Å². The van der Waals surface area contributed by atoms with E-state index in [9.17, 15) is 50.8 Å². The van der Waals surface area contributed by atoms with Crippen molar-refractivity contribution in [3.8, 4) is 23.0 Å². The fourth-order valence-corrected chi connectivity index (χ4v) is 5.15. The number of ether oxygens (including phenoxy) is 5. The first kappa shape index (κ1) is 30.4. The summed E-state index contributed by atoms with van der Waals surface area (Å²) in [4.78, 5) is 13.2. The monoisotopic (exact) mass is 596 g/mol. The first-order chi connectivity index (χ1) is 20.0. The zero-order chi connectivity index (χ0) is 30.3. The molecule has 0 amide bonds. The molecule has 0 saturated carbocycles. The van der Waals surface area contributed by atoms with Crippen LogP contribution in [0.25, 0.3) is 0 Å². The van der Waals surface area contributed by atoms with Crippen LogP contribution in [0.3, 0.4) is 0 Å². The van der Waals surface area contributed by atoms with Crippen molar-refractivity contribution in [3.05, 3.63) is 47.5 Å². The Morgan fingerprint density at radius 3 is 2.07 bits per heavy atom. The SMILES string of the molecule is O=C1CC(c2ccc(O)cc2)Oc2cc(O)cc(O[C@@H]3O[C@H](CO)[C@@H](O[C@@H]4O[C@H](CO)[C@@H](O)[C@H](O)[C@H]4O)[C@H](O)[C@H]3O)c21. The third-order valence-corrected chi connectivity index (χ3v) is 7.44. The first-order valence-corrected chi connectivity index (χ1v) is 13.1. The van der Waals surface area contributed by atoms with Crippen molar-refractivity contribution >= 4 is 5.78 Å². The highest BCUT2D eigenvalue weighted by Gasteiger charge is 2.51. The van der Waals surface area contributed by atoms with Gasteiger partial charge < -0.3 is 69.6 Å². The second-order valence-electron chi connectivity index (χ2n) is 10.3. The maximum atomic E-state index is 13.2. The molecule has 2 aromatic carbocycles. The maximum Gasteiger partial charge on any atom is 0.229 e. The Labute approximate surface area is 238 Å². The van der Waals surface area contributed by atoms with Crippen LogP contribution in [0.4, 0.5) is 0 Å². The van der Waals surface area contributed by atoms with E-state index in [1.54, 1.807) is 12.1 Å². The summed E-state index contributed by atoms with van der Waals surface area (Å²) < 4.78 is 28.1. The van der Waals surface area contributed by atoms with Crippen LogP contribution in [0.5, 0.6) is 23.0 Å². The second-order valence-corrected chi connectivity index (χ2v) is 10.3. The van der Waals surface area contributed by atoms with Crippen molar-refractivity contribution < 1.29 is 74.4 Å². The van der Waals surface area contributed by atoms with Crippen molar-refractivity contribution in [1.29, 1.82) is 0 Å². The number of ketones is 1. The lowest BCUT2D eigenvalue weighted by atomic mass is 9.95. The van der Waals surface area contributed by atoms with E-state index in [2.05, 4.69) is 0 Å². The Morgan fingerprint density at radius 2 is 1.40 bits per heavy atom. The molecule has 2 saturated heterocycles. The third-order valence-electron chi connectivity index (χ3n) is 7.44. The predicted molar refractivity (Wildman–Crippen MR) is 136 cm³/mol. The van der Waals surface area contributed by atoms with Gasteiger partial charge in [0.25, 0.3) is 0 Å². The molecule has 0 aromatic heterocycles. The molecule has 5 rings (SSSR count). The van der Waals surface area contributed by atoms with Crippen molar-refractivity contribution in [2.45, 2.75) is 73.9 Å². The summed E-state index contributed by atoms with van der Waals surface area (Å²) in [5, 5.41) is 91.2. The van der Waals surface area contributed by atoms with Crippen LogP contribution in [-0.4, -0.2) is 126 Å². The number of hydrogen-bond acceptors (Lipinski definition) is 15. The molecule has 15 heteroatoms. The summed E-state index contributed by atoms with van der Waals surface area (Å²) in [6, 6.07) is 8.35. The fourth-order valence-electron chi connectivity index (χ4n) is 5.15. The maximum absolute atomic E-state index is 13.2. The molecule has 0 bridgehead atoms. The van der Waals surface area contributed by atoms with Gasteiger partial charge in [-0.05, 0) is 17.7 Å². The Hall–Kier alpha value is -3.09. The lowest BCUT2D eigenvalue weighted by Gasteiger charge is -2.46. The molecule has 2 aromatic rings. The molecule has 230 valence electrons. The van der Waals surface area contributed by atoms with E-state index in [4.69, 9.17) is 23.7 Å². The van der Waals surface area contributed by atoms with E-state index in [0.717, 1.165) is 6.07 Å². The molecule has 0 aliphatic carbocycles. The zero-order valence-electron chi connectivity index (χ0n) is 21.9. The zero-order valence-corrected chi connectivity index (χ0v) is 21.9. The van der Waals surface area contributed by atoms with Gasteiger partial charge >= 0.3 is 0 Å². The summed E-state index contributed by atoms with van der Waals surface area (Å²) in [7, 11) is 0. The van der Waals surface area contributed by atoms with Crippen LogP contribution in [0, 0.1) is 0 Å². The summed E-state index contributed by atoms with van der Waals surface area (Å²) in [6.45, 7) is -1.52. The number of phenols is 2. The lowest BCUT2D eigenvalue weighted by Crippen LogP contribution is -2.65. The van der Waals surface area contributed by atoms with Gasteiger partial charge in [0.05, 0.1) is 19.6 Å². The minimum absolute atomic E-state index is 0.0206. The van der Waals surface area contributed by atoms with E-state index in [1.807, 2.05) is 0 Å². The molecule has 3 aliphatic heterocycles. The number of hydrogen-bond donors (Lipinski definition) is 9. The first-order valence-electron chi connectivity index (χ1n) is 13.1. The van der Waals surface area contributed by atoms with Crippen LogP contribution in [0.15, 0.2) is 36.4 Å². The van der Waals surface area contributed by atoms with Crippen molar-refractivity contribution in [2.75, 3.05) is 13.2 Å². The Kier molecular flexibility index (Phi) is 8.86. The van der Waals surface area contributed by atoms with Gasteiger partial charge in [-0.25, -0.2) is 0 Å².